The Bertz CT molecular complexity index is 1020. The molecule has 3 aromatic rings. The Morgan fingerprint density at radius 1 is 0.875 bits per heavy atom. The van der Waals surface area contributed by atoms with Gasteiger partial charge in [-0.25, -0.2) is 4.79 Å². The van der Waals surface area contributed by atoms with Crippen LogP contribution >= 0.6 is 0 Å². The van der Waals surface area contributed by atoms with Crippen molar-refractivity contribution < 1.29 is 18.5 Å². The molecule has 0 heterocycles. The number of ether oxygens (including phenoxy) is 1. The first-order valence-electron chi connectivity index (χ1n) is 10.4. The van der Waals surface area contributed by atoms with Crippen LogP contribution in [0.3, 0.4) is 0 Å². The van der Waals surface area contributed by atoms with E-state index in [1.54, 1.807) is 12.1 Å². The molecule has 3 aromatic carbocycles. The van der Waals surface area contributed by atoms with E-state index < -0.39 is 28.2 Å². The fourth-order valence-electron chi connectivity index (χ4n) is 3.58. The van der Waals surface area contributed by atoms with E-state index in [-0.39, 0.29) is 18.1 Å². The monoisotopic (exact) mass is 449 g/mol. The van der Waals surface area contributed by atoms with Gasteiger partial charge in [0.05, 0.1) is 23.3 Å². The van der Waals surface area contributed by atoms with Crippen molar-refractivity contribution in [3.05, 3.63) is 102 Å². The van der Waals surface area contributed by atoms with Crippen molar-refractivity contribution in [1.29, 1.82) is 0 Å². The number of rotatable bonds is 9. The first-order valence-corrected chi connectivity index (χ1v) is 11.7. The third-order valence-corrected chi connectivity index (χ3v) is 6.95. The average Bonchev–Trinajstić information content (AvgIpc) is 2.86. The average molecular weight is 450 g/mol. The number of methoxy groups -OCH3 is 1. The molecule has 1 amide bonds. The van der Waals surface area contributed by atoms with Gasteiger partial charge in [-0.3, -0.25) is 9.00 Å². The second-order valence-corrected chi connectivity index (χ2v) is 9.13. The maximum Gasteiger partial charge on any atom is 0.328 e. The molecule has 0 bridgehead atoms. The molecule has 0 spiro atoms. The molecular formula is C26H27NO4S. The summed E-state index contributed by atoms with van der Waals surface area (Å²) in [6.07, 6.45) is 0.194. The van der Waals surface area contributed by atoms with Gasteiger partial charge < -0.3 is 10.1 Å². The van der Waals surface area contributed by atoms with Gasteiger partial charge in [-0.2, -0.15) is 0 Å². The van der Waals surface area contributed by atoms with Gasteiger partial charge in [0.1, 0.15) is 6.04 Å². The third kappa shape index (κ3) is 5.32. The summed E-state index contributed by atoms with van der Waals surface area (Å²) < 4.78 is 17.6. The maximum absolute atomic E-state index is 13.6. The van der Waals surface area contributed by atoms with E-state index in [0.717, 1.165) is 11.1 Å². The lowest BCUT2D eigenvalue weighted by Crippen LogP contribution is -2.50. The van der Waals surface area contributed by atoms with Gasteiger partial charge in [-0.1, -0.05) is 78.9 Å². The fourth-order valence-corrected chi connectivity index (χ4v) is 4.73. The van der Waals surface area contributed by atoms with Gasteiger partial charge in [0.2, 0.25) is 5.91 Å². The second-order valence-electron chi connectivity index (χ2n) is 7.56. The molecule has 0 saturated carbocycles. The number of nitrogens with one attached hydrogen (secondary N) is 1. The summed E-state index contributed by atoms with van der Waals surface area (Å²) in [5.74, 6) is -0.667. The summed E-state index contributed by atoms with van der Waals surface area (Å²) in [6, 6.07) is 27.0. The van der Waals surface area contributed by atoms with Crippen molar-refractivity contribution >= 4 is 22.7 Å². The first kappa shape index (κ1) is 23.4. The Kier molecular flexibility index (Phi) is 7.95. The summed E-state index contributed by atoms with van der Waals surface area (Å²) in [6.45, 7) is 1.84. The van der Waals surface area contributed by atoms with E-state index in [1.165, 1.54) is 7.11 Å². The lowest BCUT2D eigenvalue weighted by Gasteiger charge is -2.31. The maximum atomic E-state index is 13.6. The topological polar surface area (TPSA) is 72.5 Å². The fraction of sp³-hybridized carbons (Fsp3) is 0.231. The first-order chi connectivity index (χ1) is 15.5. The van der Waals surface area contributed by atoms with Crippen LogP contribution in [0, 0.1) is 0 Å². The Labute approximate surface area is 191 Å². The quantitative estimate of drug-likeness (QED) is 0.504. The van der Waals surface area contributed by atoms with E-state index in [4.69, 9.17) is 4.74 Å². The minimum atomic E-state index is -1.29. The zero-order chi connectivity index (χ0) is 23.0. The number of hydrogen-bond donors (Lipinski definition) is 1. The van der Waals surface area contributed by atoms with E-state index in [0.29, 0.717) is 4.90 Å². The molecule has 0 saturated heterocycles. The number of amides is 1. The second kappa shape index (κ2) is 10.9. The van der Waals surface area contributed by atoms with E-state index in [9.17, 15) is 13.8 Å². The molecule has 0 radical (unpaired) electrons. The lowest BCUT2D eigenvalue weighted by molar-refractivity contribution is -0.145. The van der Waals surface area contributed by atoms with Crippen molar-refractivity contribution in [2.75, 3.05) is 12.9 Å². The molecule has 0 aliphatic carbocycles. The standard InChI is InChI=1S/C26H27NO4S/c1-26(20-12-6-3-7-13-20,21-14-8-4-9-15-21)25(29)27-23(24(28)31-2)18-19-32(30)22-16-10-5-11-17-22/h3-17,23H,18-19H2,1-2H3,(H,27,29)/t23-,32-/m0/s1. The Morgan fingerprint density at radius 2 is 1.34 bits per heavy atom. The summed E-state index contributed by atoms with van der Waals surface area (Å²) in [5, 5.41) is 2.86. The van der Waals surface area contributed by atoms with Crippen LogP contribution in [0.25, 0.3) is 0 Å². The summed E-state index contributed by atoms with van der Waals surface area (Å²) in [5.41, 5.74) is 0.591. The van der Waals surface area contributed by atoms with Gasteiger partial charge in [0, 0.05) is 10.6 Å². The molecule has 0 aliphatic rings. The molecule has 0 fully saturated rings. The van der Waals surface area contributed by atoms with Crippen molar-refractivity contribution in [3.63, 3.8) is 0 Å². The number of carbonyl (C=O) groups is 2. The minimum absolute atomic E-state index is 0.194. The van der Waals surface area contributed by atoms with Crippen molar-refractivity contribution in [2.45, 2.75) is 29.7 Å². The van der Waals surface area contributed by atoms with Gasteiger partial charge >= 0.3 is 5.97 Å². The molecule has 6 heteroatoms. The molecule has 0 aromatic heterocycles. The molecule has 0 aliphatic heterocycles. The number of hydrogen-bond acceptors (Lipinski definition) is 4. The number of carbonyl (C=O) groups excluding carboxylic acids is 2. The van der Waals surface area contributed by atoms with Crippen LogP contribution in [0.5, 0.6) is 0 Å². The van der Waals surface area contributed by atoms with Gasteiger partial charge in [-0.15, -0.1) is 0 Å². The van der Waals surface area contributed by atoms with Crippen molar-refractivity contribution in [3.8, 4) is 0 Å². The Balaban J connectivity index is 1.84. The molecule has 3 rings (SSSR count). The highest BCUT2D eigenvalue weighted by molar-refractivity contribution is 7.85. The minimum Gasteiger partial charge on any atom is -0.467 e. The SMILES string of the molecule is COC(=O)[C@H](CC[S@](=O)c1ccccc1)NC(=O)C(C)(c1ccccc1)c1ccccc1. The lowest BCUT2D eigenvalue weighted by atomic mass is 9.75. The van der Waals surface area contributed by atoms with Gasteiger partial charge in [-0.05, 0) is 36.6 Å². The van der Waals surface area contributed by atoms with E-state index in [1.807, 2.05) is 85.8 Å². The van der Waals surface area contributed by atoms with Crippen molar-refractivity contribution in [1.82, 2.24) is 5.32 Å². The predicted octanol–water partition coefficient (Wildman–Crippen LogP) is 3.85. The highest BCUT2D eigenvalue weighted by atomic mass is 32.2. The van der Waals surface area contributed by atoms with Crippen molar-refractivity contribution in [2.24, 2.45) is 0 Å². The normalized spacial score (nSPS) is 13.1. The number of benzene rings is 3. The van der Waals surface area contributed by atoms with Crippen LogP contribution in [0.4, 0.5) is 0 Å². The predicted molar refractivity (Wildman–Crippen MR) is 126 cm³/mol. The third-order valence-electron chi connectivity index (χ3n) is 5.55. The zero-order valence-corrected chi connectivity index (χ0v) is 19.0. The van der Waals surface area contributed by atoms with E-state index >= 15 is 0 Å². The number of esters is 1. The largest absolute Gasteiger partial charge is 0.467 e. The molecule has 2 atom stereocenters. The Morgan fingerprint density at radius 3 is 1.81 bits per heavy atom. The van der Waals surface area contributed by atoms with Crippen LogP contribution in [-0.4, -0.2) is 35.0 Å². The summed E-state index contributed by atoms with van der Waals surface area (Å²) in [7, 11) is -0.00854. The molecule has 5 nitrogen and oxygen atoms in total. The van der Waals surface area contributed by atoms with Crippen LogP contribution in [-0.2, 0) is 30.5 Å². The summed E-state index contributed by atoms with van der Waals surface area (Å²) >= 11 is 0. The smallest absolute Gasteiger partial charge is 0.328 e. The molecule has 166 valence electrons. The van der Waals surface area contributed by atoms with Crippen LogP contribution in [0.2, 0.25) is 0 Å². The van der Waals surface area contributed by atoms with Crippen LogP contribution in [0.15, 0.2) is 95.9 Å². The van der Waals surface area contributed by atoms with Gasteiger partial charge in [0.15, 0.2) is 0 Å². The van der Waals surface area contributed by atoms with E-state index in [2.05, 4.69) is 5.32 Å². The van der Waals surface area contributed by atoms with Crippen LogP contribution in [0.1, 0.15) is 24.5 Å². The zero-order valence-electron chi connectivity index (χ0n) is 18.2. The highest BCUT2D eigenvalue weighted by Gasteiger charge is 2.39. The highest BCUT2D eigenvalue weighted by Crippen LogP contribution is 2.32. The summed E-state index contributed by atoms with van der Waals surface area (Å²) in [4.78, 5) is 26.8. The Hall–Kier alpha value is -3.25. The van der Waals surface area contributed by atoms with Gasteiger partial charge in [0.25, 0.3) is 0 Å². The molecule has 1 N–H and O–H groups in total. The molecule has 32 heavy (non-hydrogen) atoms. The van der Waals surface area contributed by atoms with Crippen LogP contribution < -0.4 is 5.32 Å². The molecule has 0 unspecified atom stereocenters. The molecular weight excluding hydrogens is 422 g/mol.